The summed E-state index contributed by atoms with van der Waals surface area (Å²) in [6, 6.07) is 16.1. The Morgan fingerprint density at radius 3 is 1.33 bits per heavy atom. The standard InChI is InChI=1S/C36H56O3/c1-3-5-7-9-11-13-15-17-19-21-31-38-34-27-23-32(24-28-34)33-25-29-35(30-26-33)39-36(37)22-20-18-16-14-12-10-8-6-4-2/h23-30H,3-22,31H2,1-2H3. The summed E-state index contributed by atoms with van der Waals surface area (Å²) < 4.78 is 11.5. The molecule has 0 unspecified atom stereocenters. The Morgan fingerprint density at radius 1 is 0.487 bits per heavy atom. The Kier molecular flexibility index (Phi) is 19.0. The smallest absolute Gasteiger partial charge is 0.311 e. The van der Waals surface area contributed by atoms with Crippen molar-refractivity contribution < 1.29 is 14.3 Å². The van der Waals surface area contributed by atoms with Crippen LogP contribution in [0.4, 0.5) is 0 Å². The summed E-state index contributed by atoms with van der Waals surface area (Å²) in [5, 5.41) is 0. The maximum Gasteiger partial charge on any atom is 0.311 e. The molecule has 0 fully saturated rings. The average molecular weight is 537 g/mol. The Morgan fingerprint density at radius 2 is 0.872 bits per heavy atom. The number of ether oxygens (including phenoxy) is 2. The molecule has 0 atom stereocenters. The van der Waals surface area contributed by atoms with Crippen LogP contribution >= 0.6 is 0 Å². The fourth-order valence-corrected chi connectivity index (χ4v) is 5.00. The van der Waals surface area contributed by atoms with Crippen molar-refractivity contribution in [2.75, 3.05) is 6.61 Å². The molecule has 0 aromatic heterocycles. The number of rotatable bonds is 24. The molecule has 0 amide bonds. The minimum absolute atomic E-state index is 0.130. The van der Waals surface area contributed by atoms with Gasteiger partial charge in [-0.1, -0.05) is 147 Å². The zero-order valence-corrected chi connectivity index (χ0v) is 25.2. The van der Waals surface area contributed by atoms with E-state index in [4.69, 9.17) is 9.47 Å². The molecule has 0 aliphatic carbocycles. The van der Waals surface area contributed by atoms with Crippen LogP contribution < -0.4 is 9.47 Å². The highest BCUT2D eigenvalue weighted by molar-refractivity contribution is 5.73. The zero-order valence-electron chi connectivity index (χ0n) is 25.2. The van der Waals surface area contributed by atoms with E-state index in [1.165, 1.54) is 103 Å². The molecule has 0 saturated heterocycles. The third-order valence-electron chi connectivity index (χ3n) is 7.52. The molecule has 0 radical (unpaired) electrons. The Bertz CT molecular complexity index is 841. The topological polar surface area (TPSA) is 35.5 Å². The summed E-state index contributed by atoms with van der Waals surface area (Å²) >= 11 is 0. The first-order chi connectivity index (χ1) is 19.2. The van der Waals surface area contributed by atoms with Gasteiger partial charge in [-0.3, -0.25) is 4.79 Å². The van der Waals surface area contributed by atoms with E-state index in [0.29, 0.717) is 12.2 Å². The highest BCUT2D eigenvalue weighted by Crippen LogP contribution is 2.25. The van der Waals surface area contributed by atoms with Crippen molar-refractivity contribution in [3.8, 4) is 22.6 Å². The van der Waals surface area contributed by atoms with Gasteiger partial charge in [0.05, 0.1) is 6.61 Å². The second kappa shape index (κ2) is 22.5. The second-order valence-electron chi connectivity index (χ2n) is 11.1. The normalized spacial score (nSPS) is 11.0. The molecule has 2 aromatic carbocycles. The van der Waals surface area contributed by atoms with Crippen molar-refractivity contribution in [3.63, 3.8) is 0 Å². The minimum atomic E-state index is -0.130. The number of unbranched alkanes of at least 4 members (excludes halogenated alkanes) is 17. The third kappa shape index (κ3) is 16.4. The molecule has 3 nitrogen and oxygen atoms in total. The first-order valence-electron chi connectivity index (χ1n) is 16.3. The zero-order chi connectivity index (χ0) is 27.8. The van der Waals surface area contributed by atoms with Gasteiger partial charge in [0.1, 0.15) is 11.5 Å². The first kappa shape index (κ1) is 32.9. The average Bonchev–Trinajstić information content (AvgIpc) is 2.96. The number of carbonyl (C=O) groups is 1. The maximum absolute atomic E-state index is 12.2. The molecule has 3 heteroatoms. The summed E-state index contributed by atoms with van der Waals surface area (Å²) in [5.41, 5.74) is 2.24. The van der Waals surface area contributed by atoms with E-state index in [2.05, 4.69) is 26.0 Å². The number of hydrogen-bond acceptors (Lipinski definition) is 3. The van der Waals surface area contributed by atoms with Gasteiger partial charge < -0.3 is 9.47 Å². The summed E-state index contributed by atoms with van der Waals surface area (Å²) in [4.78, 5) is 12.2. The molecule has 0 bridgehead atoms. The summed E-state index contributed by atoms with van der Waals surface area (Å²) in [6.45, 7) is 5.31. The first-order valence-corrected chi connectivity index (χ1v) is 16.3. The number of carbonyl (C=O) groups excluding carboxylic acids is 1. The summed E-state index contributed by atoms with van der Waals surface area (Å²) in [6.07, 6.45) is 25.1. The molecule has 218 valence electrons. The molecule has 0 saturated carbocycles. The monoisotopic (exact) mass is 536 g/mol. The lowest BCUT2D eigenvalue weighted by Crippen LogP contribution is -2.07. The molecule has 0 heterocycles. The third-order valence-corrected chi connectivity index (χ3v) is 7.52. The van der Waals surface area contributed by atoms with Crippen molar-refractivity contribution >= 4 is 5.97 Å². The van der Waals surface area contributed by atoms with E-state index in [1.54, 1.807) is 0 Å². The van der Waals surface area contributed by atoms with Crippen LogP contribution in [0.25, 0.3) is 11.1 Å². The van der Waals surface area contributed by atoms with E-state index in [0.717, 1.165) is 42.7 Å². The molecule has 0 aliphatic rings. The van der Waals surface area contributed by atoms with Gasteiger partial charge in [-0.15, -0.1) is 0 Å². The molecule has 0 aliphatic heterocycles. The molecule has 39 heavy (non-hydrogen) atoms. The van der Waals surface area contributed by atoms with Crippen LogP contribution in [0.1, 0.15) is 142 Å². The van der Waals surface area contributed by atoms with E-state index in [1.807, 2.05) is 36.4 Å². The Hall–Kier alpha value is -2.29. The highest BCUT2D eigenvalue weighted by atomic mass is 16.5. The fraction of sp³-hybridized carbons (Fsp3) is 0.639. The van der Waals surface area contributed by atoms with Gasteiger partial charge in [0, 0.05) is 6.42 Å². The van der Waals surface area contributed by atoms with E-state index in [-0.39, 0.29) is 5.97 Å². The van der Waals surface area contributed by atoms with E-state index in [9.17, 15) is 4.79 Å². The summed E-state index contributed by atoms with van der Waals surface area (Å²) in [5.74, 6) is 1.42. The maximum atomic E-state index is 12.2. The predicted molar refractivity (Wildman–Crippen MR) is 167 cm³/mol. The van der Waals surface area contributed by atoms with Crippen LogP contribution in [0.15, 0.2) is 48.5 Å². The molecular formula is C36H56O3. The van der Waals surface area contributed by atoms with Crippen molar-refractivity contribution in [2.45, 2.75) is 142 Å². The number of esters is 1. The van der Waals surface area contributed by atoms with Crippen molar-refractivity contribution in [3.05, 3.63) is 48.5 Å². The van der Waals surface area contributed by atoms with Gasteiger partial charge in [-0.25, -0.2) is 0 Å². The fourth-order valence-electron chi connectivity index (χ4n) is 5.00. The van der Waals surface area contributed by atoms with Crippen LogP contribution in [0.2, 0.25) is 0 Å². The lowest BCUT2D eigenvalue weighted by atomic mass is 10.1. The van der Waals surface area contributed by atoms with Gasteiger partial charge in [0.25, 0.3) is 0 Å². The lowest BCUT2D eigenvalue weighted by Gasteiger charge is -2.09. The number of hydrogen-bond donors (Lipinski definition) is 0. The SMILES string of the molecule is CCCCCCCCCCCCOc1ccc(-c2ccc(OC(=O)CCCCCCCCCCC)cc2)cc1. The lowest BCUT2D eigenvalue weighted by molar-refractivity contribution is -0.134. The highest BCUT2D eigenvalue weighted by Gasteiger charge is 2.06. The van der Waals surface area contributed by atoms with Crippen molar-refractivity contribution in [1.82, 2.24) is 0 Å². The van der Waals surface area contributed by atoms with E-state index < -0.39 is 0 Å². The van der Waals surface area contributed by atoms with Crippen LogP contribution in [0, 0.1) is 0 Å². The second-order valence-corrected chi connectivity index (χ2v) is 11.1. The van der Waals surface area contributed by atoms with Crippen molar-refractivity contribution in [1.29, 1.82) is 0 Å². The van der Waals surface area contributed by atoms with Crippen LogP contribution in [0.5, 0.6) is 11.5 Å². The Labute approximate surface area is 240 Å². The van der Waals surface area contributed by atoms with Gasteiger partial charge >= 0.3 is 5.97 Å². The van der Waals surface area contributed by atoms with Crippen molar-refractivity contribution in [2.24, 2.45) is 0 Å². The minimum Gasteiger partial charge on any atom is -0.494 e. The summed E-state index contributed by atoms with van der Waals surface area (Å²) in [7, 11) is 0. The molecule has 2 aromatic rings. The predicted octanol–water partition coefficient (Wildman–Crippen LogP) is 11.5. The van der Waals surface area contributed by atoms with Gasteiger partial charge in [0.2, 0.25) is 0 Å². The molecule has 2 rings (SSSR count). The van der Waals surface area contributed by atoms with Crippen LogP contribution in [-0.2, 0) is 4.79 Å². The quantitative estimate of drug-likeness (QED) is 0.0760. The number of benzene rings is 2. The van der Waals surface area contributed by atoms with Gasteiger partial charge in [-0.05, 0) is 48.2 Å². The van der Waals surface area contributed by atoms with E-state index >= 15 is 0 Å². The van der Waals surface area contributed by atoms with Gasteiger partial charge in [0.15, 0.2) is 0 Å². The van der Waals surface area contributed by atoms with Crippen LogP contribution in [0.3, 0.4) is 0 Å². The molecule has 0 spiro atoms. The molecular weight excluding hydrogens is 480 g/mol. The largest absolute Gasteiger partial charge is 0.494 e. The molecule has 0 N–H and O–H groups in total. The Balaban J connectivity index is 1.55. The van der Waals surface area contributed by atoms with Crippen LogP contribution in [-0.4, -0.2) is 12.6 Å². The van der Waals surface area contributed by atoms with Gasteiger partial charge in [-0.2, -0.15) is 0 Å².